The van der Waals surface area contributed by atoms with E-state index < -0.39 is 16.1 Å². The Morgan fingerprint density at radius 2 is 1.94 bits per heavy atom. The fourth-order valence-electron chi connectivity index (χ4n) is 4.04. The van der Waals surface area contributed by atoms with E-state index >= 15 is 0 Å². The summed E-state index contributed by atoms with van der Waals surface area (Å²) in [4.78, 5) is 24.6. The number of hydrogen-bond acceptors (Lipinski definition) is 6. The SMILES string of the molecule is CCNC(=O)NS(=O)(=O)c1cc2c(cc1CC)OCCC2CCNC(=O)c1cc(Cl)ccc1OC. The Labute approximate surface area is 210 Å². The number of amides is 3. The molecule has 0 saturated carbocycles. The Morgan fingerprint density at radius 3 is 2.63 bits per heavy atom. The molecule has 2 aromatic carbocycles. The van der Waals surface area contributed by atoms with Crippen LogP contribution in [-0.4, -0.2) is 47.2 Å². The summed E-state index contributed by atoms with van der Waals surface area (Å²) < 4.78 is 39.0. The van der Waals surface area contributed by atoms with E-state index in [1.807, 2.05) is 6.92 Å². The highest BCUT2D eigenvalue weighted by molar-refractivity contribution is 7.90. The van der Waals surface area contributed by atoms with Crippen LogP contribution in [0.25, 0.3) is 0 Å². The number of halogens is 1. The van der Waals surface area contributed by atoms with E-state index in [1.54, 1.807) is 37.3 Å². The average molecular weight is 524 g/mol. The third-order valence-electron chi connectivity index (χ3n) is 5.78. The van der Waals surface area contributed by atoms with Gasteiger partial charge in [-0.05, 0) is 73.6 Å². The van der Waals surface area contributed by atoms with Crippen molar-refractivity contribution in [3.63, 3.8) is 0 Å². The number of nitrogens with one attached hydrogen (secondary N) is 3. The van der Waals surface area contributed by atoms with E-state index in [0.717, 1.165) is 5.56 Å². The van der Waals surface area contributed by atoms with Crippen molar-refractivity contribution in [3.05, 3.63) is 52.0 Å². The molecule has 1 aliphatic heterocycles. The first kappa shape index (κ1) is 26.6. The van der Waals surface area contributed by atoms with Gasteiger partial charge < -0.3 is 20.1 Å². The molecule has 1 unspecified atom stereocenters. The number of benzene rings is 2. The van der Waals surface area contributed by atoms with Crippen molar-refractivity contribution in [2.45, 2.75) is 43.9 Å². The van der Waals surface area contributed by atoms with Gasteiger partial charge in [0.15, 0.2) is 0 Å². The number of fused-ring (bicyclic) bond motifs is 1. The molecule has 1 aliphatic rings. The molecule has 3 amide bonds. The predicted molar refractivity (Wildman–Crippen MR) is 133 cm³/mol. The minimum absolute atomic E-state index is 0.0374. The van der Waals surface area contributed by atoms with Crippen molar-refractivity contribution in [2.75, 3.05) is 26.8 Å². The van der Waals surface area contributed by atoms with Crippen LogP contribution < -0.4 is 24.8 Å². The van der Waals surface area contributed by atoms with Gasteiger partial charge in [-0.3, -0.25) is 4.79 Å². The number of sulfonamides is 1. The summed E-state index contributed by atoms with van der Waals surface area (Å²) in [6.07, 6.45) is 1.68. The number of rotatable bonds is 9. The van der Waals surface area contributed by atoms with Gasteiger partial charge in [0.25, 0.3) is 15.9 Å². The third kappa shape index (κ3) is 6.37. The molecule has 1 atom stereocenters. The number of hydrogen-bond donors (Lipinski definition) is 3. The monoisotopic (exact) mass is 523 g/mol. The van der Waals surface area contributed by atoms with Gasteiger partial charge in [-0.25, -0.2) is 17.9 Å². The van der Waals surface area contributed by atoms with E-state index in [9.17, 15) is 18.0 Å². The Morgan fingerprint density at radius 1 is 1.17 bits per heavy atom. The molecule has 0 saturated heterocycles. The lowest BCUT2D eigenvalue weighted by Crippen LogP contribution is -2.39. The van der Waals surface area contributed by atoms with Crippen molar-refractivity contribution in [2.24, 2.45) is 0 Å². The fourth-order valence-corrected chi connectivity index (χ4v) is 5.47. The second-order valence-electron chi connectivity index (χ2n) is 8.04. The van der Waals surface area contributed by atoms with Crippen LogP contribution in [0.3, 0.4) is 0 Å². The molecule has 11 heteroatoms. The van der Waals surface area contributed by atoms with Gasteiger partial charge in [-0.15, -0.1) is 0 Å². The summed E-state index contributed by atoms with van der Waals surface area (Å²) in [7, 11) is -2.59. The van der Waals surface area contributed by atoms with Crippen LogP contribution in [0.5, 0.6) is 11.5 Å². The van der Waals surface area contributed by atoms with Crippen LogP contribution in [-0.2, 0) is 16.4 Å². The first-order valence-electron chi connectivity index (χ1n) is 11.4. The summed E-state index contributed by atoms with van der Waals surface area (Å²) in [6.45, 7) is 4.68. The summed E-state index contributed by atoms with van der Waals surface area (Å²) in [6, 6.07) is 7.36. The molecule has 190 valence electrons. The minimum atomic E-state index is -4.08. The molecular weight excluding hydrogens is 494 g/mol. The molecular formula is C24H30ClN3O6S. The molecule has 0 aliphatic carbocycles. The van der Waals surface area contributed by atoms with E-state index in [2.05, 4.69) is 15.4 Å². The molecule has 3 rings (SSSR count). The highest BCUT2D eigenvalue weighted by atomic mass is 35.5. The zero-order valence-corrected chi connectivity index (χ0v) is 21.5. The molecule has 0 fully saturated rings. The maximum absolute atomic E-state index is 12.9. The lowest BCUT2D eigenvalue weighted by molar-refractivity contribution is 0.0948. The lowest BCUT2D eigenvalue weighted by Gasteiger charge is -2.27. The number of aryl methyl sites for hydroxylation is 1. The summed E-state index contributed by atoms with van der Waals surface area (Å²) in [5.41, 5.74) is 1.63. The lowest BCUT2D eigenvalue weighted by atomic mass is 9.89. The molecule has 1 heterocycles. The van der Waals surface area contributed by atoms with Crippen molar-refractivity contribution in [1.29, 1.82) is 0 Å². The van der Waals surface area contributed by atoms with Gasteiger partial charge >= 0.3 is 6.03 Å². The number of methoxy groups -OCH3 is 1. The highest BCUT2D eigenvalue weighted by Gasteiger charge is 2.28. The van der Waals surface area contributed by atoms with Crippen LogP contribution in [0.2, 0.25) is 5.02 Å². The topological polar surface area (TPSA) is 123 Å². The number of carbonyl (C=O) groups is 2. The third-order valence-corrected chi connectivity index (χ3v) is 7.42. The first-order chi connectivity index (χ1) is 16.7. The molecule has 0 spiro atoms. The normalized spacial score (nSPS) is 14.9. The molecule has 3 N–H and O–H groups in total. The van der Waals surface area contributed by atoms with E-state index in [0.29, 0.717) is 66.6 Å². The predicted octanol–water partition coefficient (Wildman–Crippen LogP) is 3.61. The Hall–Kier alpha value is -2.98. The molecule has 35 heavy (non-hydrogen) atoms. The van der Waals surface area contributed by atoms with Gasteiger partial charge in [0, 0.05) is 18.1 Å². The van der Waals surface area contributed by atoms with Crippen LogP contribution in [0, 0.1) is 0 Å². The Balaban J connectivity index is 1.79. The summed E-state index contributed by atoms with van der Waals surface area (Å²) in [5, 5.41) is 5.74. The maximum Gasteiger partial charge on any atom is 0.328 e. The molecule has 9 nitrogen and oxygen atoms in total. The molecule has 2 aromatic rings. The minimum Gasteiger partial charge on any atom is -0.496 e. The number of urea groups is 1. The maximum atomic E-state index is 12.9. The second-order valence-corrected chi connectivity index (χ2v) is 10.1. The van der Waals surface area contributed by atoms with Crippen molar-refractivity contribution >= 4 is 33.6 Å². The Kier molecular flexibility index (Phi) is 8.85. The van der Waals surface area contributed by atoms with Crippen LogP contribution in [0.15, 0.2) is 35.2 Å². The molecule has 0 bridgehead atoms. The van der Waals surface area contributed by atoms with E-state index in [1.165, 1.54) is 7.11 Å². The quantitative estimate of drug-likeness (QED) is 0.461. The summed E-state index contributed by atoms with van der Waals surface area (Å²) in [5.74, 6) is 0.694. The first-order valence-corrected chi connectivity index (χ1v) is 13.3. The van der Waals surface area contributed by atoms with Crippen LogP contribution in [0.1, 0.15) is 54.1 Å². The van der Waals surface area contributed by atoms with Crippen LogP contribution in [0.4, 0.5) is 4.79 Å². The van der Waals surface area contributed by atoms with Gasteiger partial charge in [0.2, 0.25) is 0 Å². The van der Waals surface area contributed by atoms with E-state index in [4.69, 9.17) is 21.1 Å². The van der Waals surface area contributed by atoms with Gasteiger partial charge in [0.05, 0.1) is 24.2 Å². The fraction of sp³-hybridized carbons (Fsp3) is 0.417. The van der Waals surface area contributed by atoms with Gasteiger partial charge in [-0.1, -0.05) is 18.5 Å². The van der Waals surface area contributed by atoms with E-state index in [-0.39, 0.29) is 16.7 Å². The van der Waals surface area contributed by atoms with Gasteiger partial charge in [0.1, 0.15) is 11.5 Å². The second kappa shape index (κ2) is 11.6. The van der Waals surface area contributed by atoms with Crippen molar-refractivity contribution in [1.82, 2.24) is 15.4 Å². The van der Waals surface area contributed by atoms with Crippen LogP contribution >= 0.6 is 11.6 Å². The largest absolute Gasteiger partial charge is 0.496 e. The Bertz CT molecular complexity index is 1200. The summed E-state index contributed by atoms with van der Waals surface area (Å²) >= 11 is 6.03. The molecule has 0 radical (unpaired) electrons. The standard InChI is InChI=1S/C24H30ClN3O6S/c1-4-15-12-21-18(14-22(15)35(31,32)28-24(30)26-5-2)16(9-11-34-21)8-10-27-23(29)19-13-17(25)6-7-20(19)33-3/h6-7,12-14,16H,4-5,8-11H2,1-3H3,(H,27,29)(H2,26,28,30). The average Bonchev–Trinajstić information content (AvgIpc) is 2.83. The smallest absolute Gasteiger partial charge is 0.328 e. The zero-order chi connectivity index (χ0) is 25.6. The highest BCUT2D eigenvalue weighted by Crippen LogP contribution is 2.39. The van der Waals surface area contributed by atoms with Crippen molar-refractivity contribution < 1.29 is 27.5 Å². The zero-order valence-electron chi connectivity index (χ0n) is 19.9. The number of carbonyl (C=O) groups excluding carboxylic acids is 2. The molecule has 0 aromatic heterocycles. The van der Waals surface area contributed by atoms with Crippen molar-refractivity contribution in [3.8, 4) is 11.5 Å². The number of ether oxygens (including phenoxy) is 2. The van der Waals surface area contributed by atoms with Gasteiger partial charge in [-0.2, -0.15) is 0 Å².